The molecule has 0 aliphatic heterocycles. The Morgan fingerprint density at radius 3 is 2.00 bits per heavy atom. The van der Waals surface area contributed by atoms with Crippen molar-refractivity contribution in [2.45, 2.75) is 26.9 Å². The van der Waals surface area contributed by atoms with Gasteiger partial charge in [-0.2, -0.15) is 0 Å². The Bertz CT molecular complexity index is 285. The maximum Gasteiger partial charge on any atom is 0.335 e. The molecule has 0 aromatic carbocycles. The molecule has 0 fully saturated rings. The molecule has 5 heteroatoms. The minimum Gasteiger partial charge on any atom is -0.466 e. The number of rotatable bonds is 5. The van der Waals surface area contributed by atoms with Crippen LogP contribution >= 0.6 is 0 Å². The largest absolute Gasteiger partial charge is 0.466 e. The van der Waals surface area contributed by atoms with Crippen LogP contribution < -0.4 is 5.73 Å². The van der Waals surface area contributed by atoms with Gasteiger partial charge in [-0.3, -0.25) is 4.79 Å². The summed E-state index contributed by atoms with van der Waals surface area (Å²) < 4.78 is 9.59. The zero-order chi connectivity index (χ0) is 14.0. The highest BCUT2D eigenvalue weighted by molar-refractivity contribution is 5.90. The molecule has 0 aliphatic rings. The van der Waals surface area contributed by atoms with Gasteiger partial charge in [-0.05, 0) is 20.8 Å². The first-order valence-corrected chi connectivity index (χ1v) is 5.11. The molecule has 5 nitrogen and oxygen atoms in total. The van der Waals surface area contributed by atoms with Crippen molar-refractivity contribution in [1.29, 1.82) is 0 Å². The van der Waals surface area contributed by atoms with Gasteiger partial charge in [-0.1, -0.05) is 13.2 Å². The van der Waals surface area contributed by atoms with Crippen molar-refractivity contribution >= 4 is 11.9 Å². The summed E-state index contributed by atoms with van der Waals surface area (Å²) in [6, 6.07) is 0. The van der Waals surface area contributed by atoms with E-state index in [1.165, 1.54) is 7.11 Å². The number of methoxy groups -OCH3 is 1. The lowest BCUT2D eigenvalue weighted by Crippen LogP contribution is -2.18. The molecule has 98 valence electrons. The van der Waals surface area contributed by atoms with Crippen LogP contribution in [0, 0.1) is 0 Å². The van der Waals surface area contributed by atoms with E-state index in [0.29, 0.717) is 17.8 Å². The van der Waals surface area contributed by atoms with E-state index in [4.69, 9.17) is 10.5 Å². The summed E-state index contributed by atoms with van der Waals surface area (Å²) in [4.78, 5) is 20.6. The monoisotopic (exact) mass is 243 g/mol. The topological polar surface area (TPSA) is 78.6 Å². The Hall–Kier alpha value is -1.62. The number of carbonyl (C=O) groups is 2. The van der Waals surface area contributed by atoms with Crippen LogP contribution in [-0.2, 0) is 19.1 Å². The first-order chi connectivity index (χ1) is 7.77. The molecule has 0 heterocycles. The van der Waals surface area contributed by atoms with Crippen LogP contribution in [0.1, 0.15) is 20.8 Å². The summed E-state index contributed by atoms with van der Waals surface area (Å²) in [7, 11) is 1.33. The number of esters is 1. The lowest BCUT2D eigenvalue weighted by atomic mass is 10.2. The second kappa shape index (κ2) is 9.59. The van der Waals surface area contributed by atoms with E-state index < -0.39 is 11.9 Å². The molecule has 0 spiro atoms. The van der Waals surface area contributed by atoms with Gasteiger partial charge in [0.15, 0.2) is 0 Å². The molecule has 0 saturated heterocycles. The fourth-order valence-electron chi connectivity index (χ4n) is 0.648. The molecule has 0 saturated carbocycles. The summed E-state index contributed by atoms with van der Waals surface area (Å²) in [5, 5.41) is 0. The van der Waals surface area contributed by atoms with Crippen LogP contribution in [0.4, 0.5) is 0 Å². The van der Waals surface area contributed by atoms with Crippen LogP contribution in [0.15, 0.2) is 24.3 Å². The Labute approximate surface area is 102 Å². The van der Waals surface area contributed by atoms with Crippen molar-refractivity contribution in [3.8, 4) is 0 Å². The summed E-state index contributed by atoms with van der Waals surface area (Å²) in [6.45, 7) is 12.6. The molecule has 1 amide bonds. The molecular weight excluding hydrogens is 222 g/mol. The van der Waals surface area contributed by atoms with E-state index in [-0.39, 0.29) is 6.10 Å². The van der Waals surface area contributed by atoms with Crippen molar-refractivity contribution in [2.75, 3.05) is 13.7 Å². The summed E-state index contributed by atoms with van der Waals surface area (Å²) in [5.74, 6) is -0.846. The van der Waals surface area contributed by atoms with Gasteiger partial charge in [0.05, 0.1) is 18.8 Å². The minimum atomic E-state index is -0.435. The van der Waals surface area contributed by atoms with Gasteiger partial charge in [0, 0.05) is 12.2 Å². The number of hydrogen-bond acceptors (Lipinski definition) is 4. The Morgan fingerprint density at radius 1 is 1.35 bits per heavy atom. The van der Waals surface area contributed by atoms with Crippen molar-refractivity contribution in [1.82, 2.24) is 0 Å². The van der Waals surface area contributed by atoms with Crippen molar-refractivity contribution in [3.05, 3.63) is 24.3 Å². The van der Waals surface area contributed by atoms with E-state index in [2.05, 4.69) is 17.9 Å². The van der Waals surface area contributed by atoms with Crippen molar-refractivity contribution in [3.63, 3.8) is 0 Å². The van der Waals surface area contributed by atoms with Gasteiger partial charge >= 0.3 is 5.97 Å². The van der Waals surface area contributed by atoms with Gasteiger partial charge in [0.1, 0.15) is 0 Å². The molecule has 1 unspecified atom stereocenters. The number of hydrogen-bond donors (Lipinski definition) is 1. The number of ether oxygens (including phenoxy) is 2. The molecule has 2 N–H and O–H groups in total. The zero-order valence-electron chi connectivity index (χ0n) is 10.9. The highest BCUT2D eigenvalue weighted by Gasteiger charge is 2.14. The first kappa shape index (κ1) is 17.8. The van der Waals surface area contributed by atoms with Gasteiger partial charge in [0.2, 0.25) is 5.91 Å². The molecule has 0 rings (SSSR count). The fourth-order valence-corrected chi connectivity index (χ4v) is 0.648. The fraction of sp³-hybridized carbons (Fsp3) is 0.500. The van der Waals surface area contributed by atoms with Crippen molar-refractivity contribution in [2.24, 2.45) is 5.73 Å². The summed E-state index contributed by atoms with van der Waals surface area (Å²) >= 11 is 0. The predicted molar refractivity (Wildman–Crippen MR) is 66.3 cm³/mol. The SMILES string of the molecule is C=C(C(=O)OC)C(C)OCC.C=C(C)C(N)=O. The second-order valence-corrected chi connectivity index (χ2v) is 3.26. The van der Waals surface area contributed by atoms with E-state index in [1.807, 2.05) is 6.92 Å². The van der Waals surface area contributed by atoms with E-state index in [9.17, 15) is 9.59 Å². The zero-order valence-corrected chi connectivity index (χ0v) is 10.9. The van der Waals surface area contributed by atoms with Gasteiger partial charge < -0.3 is 15.2 Å². The molecule has 17 heavy (non-hydrogen) atoms. The summed E-state index contributed by atoms with van der Waals surface area (Å²) in [6.07, 6.45) is -0.257. The van der Waals surface area contributed by atoms with Crippen LogP contribution in [0.5, 0.6) is 0 Å². The number of carbonyl (C=O) groups excluding carboxylic acids is 2. The molecule has 0 bridgehead atoms. The van der Waals surface area contributed by atoms with Crippen LogP contribution in [0.2, 0.25) is 0 Å². The molecular formula is C12H21NO4. The normalized spacial score (nSPS) is 10.6. The second-order valence-electron chi connectivity index (χ2n) is 3.26. The quantitative estimate of drug-likeness (QED) is 0.581. The van der Waals surface area contributed by atoms with Gasteiger partial charge in [-0.25, -0.2) is 4.79 Å². The maximum absolute atomic E-state index is 10.8. The Balaban J connectivity index is 0. The Morgan fingerprint density at radius 2 is 1.76 bits per heavy atom. The highest BCUT2D eigenvalue weighted by Crippen LogP contribution is 2.04. The van der Waals surface area contributed by atoms with Crippen LogP contribution in [0.3, 0.4) is 0 Å². The number of amides is 1. The van der Waals surface area contributed by atoms with E-state index in [0.717, 1.165) is 0 Å². The van der Waals surface area contributed by atoms with E-state index in [1.54, 1.807) is 13.8 Å². The smallest absolute Gasteiger partial charge is 0.335 e. The van der Waals surface area contributed by atoms with Crippen molar-refractivity contribution < 1.29 is 19.1 Å². The molecule has 0 aliphatic carbocycles. The predicted octanol–water partition coefficient (Wildman–Crippen LogP) is 1.19. The van der Waals surface area contributed by atoms with Gasteiger partial charge in [-0.15, -0.1) is 0 Å². The van der Waals surface area contributed by atoms with Gasteiger partial charge in [0.25, 0.3) is 0 Å². The lowest BCUT2D eigenvalue weighted by Gasteiger charge is -2.11. The third kappa shape index (κ3) is 9.32. The first-order valence-electron chi connectivity index (χ1n) is 5.11. The highest BCUT2D eigenvalue weighted by atomic mass is 16.5. The minimum absolute atomic E-state index is 0.257. The number of primary amides is 1. The molecule has 0 aromatic rings. The Kier molecular flexibility index (Phi) is 10.0. The van der Waals surface area contributed by atoms with E-state index >= 15 is 0 Å². The average Bonchev–Trinajstić information content (AvgIpc) is 2.27. The lowest BCUT2D eigenvalue weighted by molar-refractivity contribution is -0.137. The third-order valence-electron chi connectivity index (χ3n) is 1.78. The molecule has 0 aromatic heterocycles. The molecule has 0 radical (unpaired) electrons. The third-order valence-corrected chi connectivity index (χ3v) is 1.78. The maximum atomic E-state index is 10.8. The van der Waals surface area contributed by atoms with Crippen LogP contribution in [-0.4, -0.2) is 31.7 Å². The standard InChI is InChI=1S/C8H14O3.C4H7NO/c1-5-11-7(3)6(2)8(9)10-4;1-3(2)4(5)6/h7H,2,5H2,1,3-4H3;1H2,2H3,(H2,5,6). The molecule has 1 atom stereocenters. The number of nitrogens with two attached hydrogens (primary N) is 1. The summed E-state index contributed by atoms with van der Waals surface area (Å²) in [5.41, 5.74) is 5.45. The van der Waals surface area contributed by atoms with Crippen LogP contribution in [0.25, 0.3) is 0 Å². The average molecular weight is 243 g/mol.